The second kappa shape index (κ2) is 5.46. The summed E-state index contributed by atoms with van der Waals surface area (Å²) < 4.78 is 5.67. The van der Waals surface area contributed by atoms with Crippen LogP contribution >= 0.6 is 21.6 Å². The van der Waals surface area contributed by atoms with E-state index in [-0.39, 0.29) is 10.8 Å². The maximum Gasteiger partial charge on any atom is 0.385 e. The zero-order chi connectivity index (χ0) is 14.9. The lowest BCUT2D eigenvalue weighted by Gasteiger charge is -2.42. The van der Waals surface area contributed by atoms with Crippen molar-refractivity contribution in [3.05, 3.63) is 11.0 Å². The van der Waals surface area contributed by atoms with Crippen LogP contribution in [0.4, 0.5) is 0 Å². The summed E-state index contributed by atoms with van der Waals surface area (Å²) >= 11 is 0. The molecule has 106 valence electrons. The van der Waals surface area contributed by atoms with E-state index in [4.69, 9.17) is 11.2 Å². The maximum atomic E-state index is 11.6. The highest BCUT2D eigenvalue weighted by Crippen LogP contribution is 2.60. The van der Waals surface area contributed by atoms with Crippen molar-refractivity contribution in [2.24, 2.45) is 10.8 Å². The number of esters is 1. The van der Waals surface area contributed by atoms with Gasteiger partial charge in [0.2, 0.25) is 0 Å². The van der Waals surface area contributed by atoms with Gasteiger partial charge in [-0.2, -0.15) is 0 Å². The van der Waals surface area contributed by atoms with E-state index in [0.29, 0.717) is 0 Å². The summed E-state index contributed by atoms with van der Waals surface area (Å²) in [4.78, 5) is 11.0. The smallest absolute Gasteiger partial charge is 0.385 e. The van der Waals surface area contributed by atoms with Gasteiger partial charge in [0.05, 0.1) is 0 Å². The quantitative estimate of drug-likeness (QED) is 0.321. The van der Waals surface area contributed by atoms with Crippen molar-refractivity contribution in [2.75, 3.05) is 0 Å². The largest absolute Gasteiger partial charge is 0.433 e. The highest BCUT2D eigenvalue weighted by molar-refractivity contribution is 8.78. The van der Waals surface area contributed by atoms with Crippen LogP contribution in [0.2, 0.25) is 0 Å². The van der Waals surface area contributed by atoms with Crippen LogP contribution in [0.5, 0.6) is 0 Å². The SMILES string of the molecule is C#CC(=O)OC1(C(C)(C)C)SSC=C1CC(C)(C)C. The molecule has 1 atom stereocenters. The van der Waals surface area contributed by atoms with Gasteiger partial charge in [0.1, 0.15) is 0 Å². The Morgan fingerprint density at radius 1 is 1.37 bits per heavy atom. The van der Waals surface area contributed by atoms with Gasteiger partial charge in [0, 0.05) is 11.3 Å². The van der Waals surface area contributed by atoms with Crippen LogP contribution in [0.1, 0.15) is 48.0 Å². The molecule has 19 heavy (non-hydrogen) atoms. The third-order valence-corrected chi connectivity index (χ3v) is 5.79. The maximum absolute atomic E-state index is 11.6. The van der Waals surface area contributed by atoms with Gasteiger partial charge in [-0.05, 0) is 33.6 Å². The molecule has 0 fully saturated rings. The lowest BCUT2D eigenvalue weighted by Crippen LogP contribution is -2.44. The van der Waals surface area contributed by atoms with Crippen LogP contribution in [0.15, 0.2) is 11.0 Å². The summed E-state index contributed by atoms with van der Waals surface area (Å²) in [5.41, 5.74) is 1.06. The fraction of sp³-hybridized carbons (Fsp3) is 0.667. The molecule has 1 aliphatic rings. The van der Waals surface area contributed by atoms with E-state index < -0.39 is 10.9 Å². The van der Waals surface area contributed by atoms with Gasteiger partial charge in [-0.15, -0.1) is 6.42 Å². The van der Waals surface area contributed by atoms with Gasteiger partial charge in [-0.25, -0.2) is 4.79 Å². The van der Waals surface area contributed by atoms with Crippen LogP contribution in [0.25, 0.3) is 0 Å². The molecule has 1 heterocycles. The van der Waals surface area contributed by atoms with Crippen molar-refractivity contribution in [2.45, 2.75) is 52.9 Å². The number of terminal acetylenes is 1. The Balaban J connectivity index is 3.15. The van der Waals surface area contributed by atoms with E-state index in [1.807, 2.05) is 0 Å². The molecule has 0 spiro atoms. The first-order valence-corrected chi connectivity index (χ1v) is 8.47. The molecule has 0 saturated heterocycles. The predicted octanol–water partition coefficient (Wildman–Crippen LogP) is 4.62. The molecular formula is C15H22O2S2. The normalized spacial score (nSPS) is 23.7. The lowest BCUT2D eigenvalue weighted by molar-refractivity contribution is -0.148. The lowest BCUT2D eigenvalue weighted by atomic mass is 9.78. The Kier molecular flexibility index (Phi) is 4.75. The Labute approximate surface area is 124 Å². The second-order valence-corrected chi connectivity index (χ2v) is 9.21. The standard InChI is InChI=1S/C15H22O2S2/c1-8-12(16)17-15(14(5,6)7)11(10-18-19-15)9-13(2,3)4/h1,10H,9H2,2-7H3. The van der Waals surface area contributed by atoms with Crippen molar-refractivity contribution >= 4 is 27.6 Å². The first-order chi connectivity index (χ1) is 8.52. The molecule has 4 heteroatoms. The molecule has 0 saturated carbocycles. The fourth-order valence-electron chi connectivity index (χ4n) is 2.01. The van der Waals surface area contributed by atoms with Crippen LogP contribution in [0, 0.1) is 23.2 Å². The first kappa shape index (κ1) is 16.5. The van der Waals surface area contributed by atoms with Crippen molar-refractivity contribution in [3.8, 4) is 12.3 Å². The highest BCUT2D eigenvalue weighted by Gasteiger charge is 2.52. The van der Waals surface area contributed by atoms with E-state index in [1.54, 1.807) is 21.6 Å². The van der Waals surface area contributed by atoms with Crippen LogP contribution in [0.3, 0.4) is 0 Å². The Bertz CT molecular complexity index is 433. The topological polar surface area (TPSA) is 26.3 Å². The summed E-state index contributed by atoms with van der Waals surface area (Å²) in [5, 5.41) is 2.10. The summed E-state index contributed by atoms with van der Waals surface area (Å²) in [5.74, 6) is 1.47. The number of ether oxygens (including phenoxy) is 1. The van der Waals surface area contributed by atoms with E-state index in [0.717, 1.165) is 12.0 Å². The number of carbonyl (C=O) groups excluding carboxylic acids is 1. The molecule has 0 aliphatic carbocycles. The van der Waals surface area contributed by atoms with Gasteiger partial charge in [-0.1, -0.05) is 52.3 Å². The molecule has 0 aromatic rings. The monoisotopic (exact) mass is 298 g/mol. The second-order valence-electron chi connectivity index (χ2n) is 6.96. The van der Waals surface area contributed by atoms with Gasteiger partial charge in [-0.3, -0.25) is 0 Å². The minimum atomic E-state index is -0.672. The van der Waals surface area contributed by atoms with Crippen molar-refractivity contribution < 1.29 is 9.53 Å². The Hall–Kier alpha value is -0.530. The van der Waals surface area contributed by atoms with E-state index in [2.05, 4.69) is 52.9 Å². The molecule has 1 unspecified atom stereocenters. The van der Waals surface area contributed by atoms with Crippen molar-refractivity contribution in [1.29, 1.82) is 0 Å². The molecule has 2 nitrogen and oxygen atoms in total. The predicted molar refractivity (Wildman–Crippen MR) is 84.4 cm³/mol. The summed E-state index contributed by atoms with van der Waals surface area (Å²) in [7, 11) is 3.19. The molecule has 0 N–H and O–H groups in total. The summed E-state index contributed by atoms with van der Waals surface area (Å²) in [6, 6.07) is 0. The summed E-state index contributed by atoms with van der Waals surface area (Å²) in [6.45, 7) is 12.8. The molecule has 0 bridgehead atoms. The number of hydrogen-bond donors (Lipinski definition) is 0. The van der Waals surface area contributed by atoms with Gasteiger partial charge in [0.25, 0.3) is 0 Å². The van der Waals surface area contributed by atoms with E-state index in [9.17, 15) is 4.79 Å². The molecule has 0 aromatic carbocycles. The van der Waals surface area contributed by atoms with E-state index in [1.165, 1.54) is 0 Å². The number of hydrogen-bond acceptors (Lipinski definition) is 4. The Morgan fingerprint density at radius 2 is 1.95 bits per heavy atom. The zero-order valence-corrected chi connectivity index (χ0v) is 14.1. The molecule has 1 rings (SSSR count). The van der Waals surface area contributed by atoms with Crippen LogP contribution in [-0.4, -0.2) is 10.9 Å². The average Bonchev–Trinajstić information content (AvgIpc) is 2.59. The van der Waals surface area contributed by atoms with E-state index >= 15 is 0 Å². The zero-order valence-electron chi connectivity index (χ0n) is 12.5. The van der Waals surface area contributed by atoms with Gasteiger partial charge in [0.15, 0.2) is 4.93 Å². The minimum absolute atomic E-state index is 0.135. The molecule has 1 aliphatic heterocycles. The average molecular weight is 298 g/mol. The third-order valence-electron chi connectivity index (χ3n) is 2.84. The van der Waals surface area contributed by atoms with Gasteiger partial charge >= 0.3 is 5.97 Å². The molecule has 0 amide bonds. The van der Waals surface area contributed by atoms with Gasteiger partial charge < -0.3 is 4.74 Å². The van der Waals surface area contributed by atoms with Crippen LogP contribution in [-0.2, 0) is 9.53 Å². The number of carbonyl (C=O) groups is 1. The third kappa shape index (κ3) is 3.73. The first-order valence-electron chi connectivity index (χ1n) is 6.25. The highest BCUT2D eigenvalue weighted by atomic mass is 33.1. The summed E-state index contributed by atoms with van der Waals surface area (Å²) in [6.07, 6.45) is 6.04. The molecule has 0 radical (unpaired) electrons. The molecular weight excluding hydrogens is 276 g/mol. The van der Waals surface area contributed by atoms with Crippen molar-refractivity contribution in [1.82, 2.24) is 0 Å². The molecule has 0 aromatic heterocycles. The minimum Gasteiger partial charge on any atom is -0.433 e. The van der Waals surface area contributed by atoms with Crippen LogP contribution < -0.4 is 0 Å². The number of rotatable bonds is 2. The fourth-order valence-corrected chi connectivity index (χ4v) is 5.31. The van der Waals surface area contributed by atoms with Crippen molar-refractivity contribution in [3.63, 3.8) is 0 Å². The Morgan fingerprint density at radius 3 is 2.37 bits per heavy atom.